The van der Waals surface area contributed by atoms with Gasteiger partial charge in [0.1, 0.15) is 0 Å². The van der Waals surface area contributed by atoms with Crippen molar-refractivity contribution in [2.45, 2.75) is 38.5 Å². The van der Waals surface area contributed by atoms with E-state index in [0.29, 0.717) is 0 Å². The second-order valence-corrected chi connectivity index (χ2v) is 22.1. The second-order valence-electron chi connectivity index (χ2n) is 22.1. The van der Waals surface area contributed by atoms with Crippen molar-refractivity contribution in [1.29, 1.82) is 0 Å². The Morgan fingerprint density at radius 3 is 1.48 bits per heavy atom. The minimum absolute atomic E-state index is 0.149. The van der Waals surface area contributed by atoms with E-state index in [9.17, 15) is 0 Å². The summed E-state index contributed by atoms with van der Waals surface area (Å²) in [7, 11) is 0. The highest BCUT2D eigenvalue weighted by atomic mass is 15.2. The van der Waals surface area contributed by atoms with Gasteiger partial charge in [-0.15, -0.1) is 0 Å². The summed E-state index contributed by atoms with van der Waals surface area (Å²) in [4.78, 5) is 4.86. The van der Waals surface area contributed by atoms with Crippen molar-refractivity contribution in [1.82, 2.24) is 4.57 Å². The van der Waals surface area contributed by atoms with Gasteiger partial charge in [-0.25, -0.2) is 0 Å². The van der Waals surface area contributed by atoms with Gasteiger partial charge >= 0.3 is 0 Å². The Hall–Kier alpha value is -9.44. The molecule has 13 aromatic rings. The molecule has 1 aromatic heterocycles. The topological polar surface area (TPSA) is 11.4 Å². The number of para-hydroxylation sites is 2. The summed E-state index contributed by atoms with van der Waals surface area (Å²) >= 11 is 0. The molecule has 0 saturated heterocycles. The van der Waals surface area contributed by atoms with Crippen LogP contribution in [-0.4, -0.2) is 4.57 Å². The van der Waals surface area contributed by atoms with Crippen molar-refractivity contribution in [3.8, 4) is 39.1 Å². The maximum atomic E-state index is 2.47. The van der Waals surface area contributed by atoms with Crippen molar-refractivity contribution in [3.63, 3.8) is 0 Å². The van der Waals surface area contributed by atoms with Crippen molar-refractivity contribution in [2.75, 3.05) is 9.80 Å². The van der Waals surface area contributed by atoms with Gasteiger partial charge in [0.25, 0.3) is 0 Å². The quantitative estimate of drug-likeness (QED) is 0.150. The molecular formula is C74H55N3. The fourth-order valence-corrected chi connectivity index (χ4v) is 13.3. The predicted octanol–water partition coefficient (Wildman–Crippen LogP) is 20.3. The molecule has 2 aliphatic rings. The Kier molecular flexibility index (Phi) is 9.96. The van der Waals surface area contributed by atoms with Gasteiger partial charge in [0.05, 0.1) is 22.4 Å². The molecule has 0 radical (unpaired) electrons. The SMILES string of the molecule is CC1(C)c2ccccc2-c2ccc(N(c3ccc(N(c4ccccc4)c4cccc5ccccc45)cc3)c3ccc4c(c3)C(C)(C)c3cc(-c5ccc6c(c5)c5ccccc5n6-c5cccc6ccccc56)ccc3-4)cc21. The number of hydrogen-bond acceptors (Lipinski definition) is 2. The highest BCUT2D eigenvalue weighted by Crippen LogP contribution is 2.54. The molecule has 2 aliphatic carbocycles. The molecule has 366 valence electrons. The molecule has 15 rings (SSSR count). The smallest absolute Gasteiger partial charge is 0.0541 e. The first-order chi connectivity index (χ1) is 37.7. The van der Waals surface area contributed by atoms with Gasteiger partial charge in [-0.05, 0) is 163 Å². The molecule has 77 heavy (non-hydrogen) atoms. The zero-order chi connectivity index (χ0) is 51.6. The highest BCUT2D eigenvalue weighted by Gasteiger charge is 2.38. The summed E-state index contributed by atoms with van der Waals surface area (Å²) in [6.07, 6.45) is 0. The number of nitrogens with zero attached hydrogens (tertiary/aromatic N) is 3. The number of hydrogen-bond donors (Lipinski definition) is 0. The van der Waals surface area contributed by atoms with Gasteiger partial charge in [-0.1, -0.05) is 191 Å². The maximum Gasteiger partial charge on any atom is 0.0541 e. The lowest BCUT2D eigenvalue weighted by Crippen LogP contribution is -2.18. The monoisotopic (exact) mass is 985 g/mol. The third-order valence-corrected chi connectivity index (χ3v) is 17.1. The van der Waals surface area contributed by atoms with Crippen LogP contribution < -0.4 is 9.80 Å². The molecule has 0 saturated carbocycles. The lowest BCUT2D eigenvalue weighted by molar-refractivity contribution is 0.660. The van der Waals surface area contributed by atoms with E-state index in [1.54, 1.807) is 0 Å². The Labute approximate surface area is 450 Å². The fraction of sp³-hybridized carbons (Fsp3) is 0.0811. The highest BCUT2D eigenvalue weighted by molar-refractivity contribution is 6.12. The van der Waals surface area contributed by atoms with Crippen LogP contribution in [0.1, 0.15) is 49.9 Å². The first kappa shape index (κ1) is 45.0. The number of aromatic nitrogens is 1. The molecule has 0 N–H and O–H groups in total. The zero-order valence-electron chi connectivity index (χ0n) is 43.7. The van der Waals surface area contributed by atoms with E-state index in [4.69, 9.17) is 0 Å². The van der Waals surface area contributed by atoms with Gasteiger partial charge in [0.15, 0.2) is 0 Å². The standard InChI is InChI=1S/C74H55N3/c1-73(2)65-28-14-12-26-59(65)61-41-38-55(46-67(61)73)75(53-34-36-54(37-35-53)76(52-22-6-5-7-23-52)69-30-16-20-48-18-8-10-24-57(48)69)56-39-42-62-60-40-32-51(45-66(60)74(3,4)68(62)47-56)50-33-43-72-64(44-50)63-27-13-15-29-71(63)77(72)70-31-17-21-49-19-9-11-25-58(49)70/h5-47H,1-4H3. The molecule has 0 amide bonds. The van der Waals surface area contributed by atoms with E-state index in [1.165, 1.54) is 105 Å². The van der Waals surface area contributed by atoms with Crippen LogP contribution >= 0.6 is 0 Å². The third-order valence-electron chi connectivity index (χ3n) is 17.1. The molecule has 0 spiro atoms. The molecule has 1 heterocycles. The summed E-state index contributed by atoms with van der Waals surface area (Å²) in [6.45, 7) is 9.56. The van der Waals surface area contributed by atoms with Gasteiger partial charge in [-0.3, -0.25) is 0 Å². The van der Waals surface area contributed by atoms with Gasteiger partial charge in [0.2, 0.25) is 0 Å². The molecular weight excluding hydrogens is 931 g/mol. The summed E-state index contributed by atoms with van der Waals surface area (Å²) in [5, 5.41) is 7.43. The maximum absolute atomic E-state index is 2.47. The largest absolute Gasteiger partial charge is 0.310 e. The fourth-order valence-electron chi connectivity index (χ4n) is 13.3. The Bertz CT molecular complexity index is 4510. The van der Waals surface area contributed by atoms with Crippen LogP contribution in [0.25, 0.3) is 82.4 Å². The molecule has 3 heteroatoms. The Balaban J connectivity index is 0.837. The minimum Gasteiger partial charge on any atom is -0.310 e. The normalized spacial score (nSPS) is 13.7. The van der Waals surface area contributed by atoms with E-state index in [2.05, 4.69) is 303 Å². The predicted molar refractivity (Wildman–Crippen MR) is 326 cm³/mol. The molecule has 0 aliphatic heterocycles. The van der Waals surface area contributed by atoms with Crippen molar-refractivity contribution < 1.29 is 0 Å². The molecule has 12 aromatic carbocycles. The molecule has 3 nitrogen and oxygen atoms in total. The zero-order valence-corrected chi connectivity index (χ0v) is 43.7. The van der Waals surface area contributed by atoms with Crippen LogP contribution in [0.15, 0.2) is 261 Å². The van der Waals surface area contributed by atoms with Crippen LogP contribution in [0, 0.1) is 0 Å². The summed E-state index contributed by atoms with van der Waals surface area (Å²) in [6, 6.07) is 96.8. The first-order valence-electron chi connectivity index (χ1n) is 27.0. The number of anilines is 6. The Morgan fingerprint density at radius 2 is 0.753 bits per heavy atom. The van der Waals surface area contributed by atoms with E-state index in [1.807, 2.05) is 0 Å². The lowest BCUT2D eigenvalue weighted by Gasteiger charge is -2.31. The second kappa shape index (κ2) is 17.0. The van der Waals surface area contributed by atoms with E-state index in [0.717, 1.165) is 34.1 Å². The van der Waals surface area contributed by atoms with E-state index in [-0.39, 0.29) is 10.8 Å². The van der Waals surface area contributed by atoms with E-state index >= 15 is 0 Å². The lowest BCUT2D eigenvalue weighted by atomic mass is 9.81. The minimum atomic E-state index is -0.267. The van der Waals surface area contributed by atoms with E-state index < -0.39 is 0 Å². The summed E-state index contributed by atoms with van der Waals surface area (Å²) in [5.41, 5.74) is 23.0. The average Bonchev–Trinajstić information content (AvgIpc) is 4.06. The number of rotatable bonds is 8. The van der Waals surface area contributed by atoms with Crippen LogP contribution in [0.5, 0.6) is 0 Å². The van der Waals surface area contributed by atoms with Crippen LogP contribution in [0.4, 0.5) is 34.1 Å². The summed E-state index contributed by atoms with van der Waals surface area (Å²) in [5.74, 6) is 0. The van der Waals surface area contributed by atoms with Crippen molar-refractivity contribution in [3.05, 3.63) is 283 Å². The molecule has 0 fully saturated rings. The van der Waals surface area contributed by atoms with Gasteiger partial charge in [0, 0.05) is 60.8 Å². The van der Waals surface area contributed by atoms with Crippen molar-refractivity contribution in [2.24, 2.45) is 0 Å². The van der Waals surface area contributed by atoms with Crippen molar-refractivity contribution >= 4 is 77.5 Å². The van der Waals surface area contributed by atoms with Crippen LogP contribution in [0.2, 0.25) is 0 Å². The van der Waals surface area contributed by atoms with Gasteiger partial charge in [-0.2, -0.15) is 0 Å². The Morgan fingerprint density at radius 1 is 0.286 bits per heavy atom. The average molecular weight is 986 g/mol. The number of benzene rings is 12. The first-order valence-corrected chi connectivity index (χ1v) is 27.0. The van der Waals surface area contributed by atoms with Crippen LogP contribution in [-0.2, 0) is 10.8 Å². The third kappa shape index (κ3) is 6.90. The number of fused-ring (bicyclic) bond motifs is 11. The molecule has 0 bridgehead atoms. The summed E-state index contributed by atoms with van der Waals surface area (Å²) < 4.78 is 2.45. The van der Waals surface area contributed by atoms with Crippen LogP contribution in [0.3, 0.4) is 0 Å². The molecule has 0 atom stereocenters. The molecule has 0 unspecified atom stereocenters. The van der Waals surface area contributed by atoms with Gasteiger partial charge < -0.3 is 14.4 Å².